The second-order valence-electron chi connectivity index (χ2n) is 4.32. The van der Waals surface area contributed by atoms with Crippen LogP contribution < -0.4 is 4.90 Å². The predicted octanol–water partition coefficient (Wildman–Crippen LogP) is 3.57. The number of alkyl halides is 1. The maximum absolute atomic E-state index is 12.4. The van der Waals surface area contributed by atoms with E-state index in [1.54, 1.807) is 43.4 Å². The summed E-state index contributed by atoms with van der Waals surface area (Å²) < 4.78 is 0. The molecule has 1 amide bonds. The molecule has 2 aromatic carbocycles. The molecule has 20 heavy (non-hydrogen) atoms. The highest BCUT2D eigenvalue weighted by Gasteiger charge is 2.15. The summed E-state index contributed by atoms with van der Waals surface area (Å²) in [5.74, 6) is 0.260. The average Bonchev–Trinajstić information content (AvgIpc) is 2.53. The van der Waals surface area contributed by atoms with Gasteiger partial charge in [-0.15, -0.1) is 11.6 Å². The molecule has 0 spiro atoms. The van der Waals surface area contributed by atoms with E-state index in [1.807, 2.05) is 12.1 Å². The lowest BCUT2D eigenvalue weighted by Gasteiger charge is -2.18. The molecule has 100 valence electrons. The molecule has 0 aromatic heterocycles. The number of hydrogen-bond acceptors (Lipinski definition) is 2. The van der Waals surface area contributed by atoms with Crippen molar-refractivity contribution in [2.45, 2.75) is 5.88 Å². The minimum absolute atomic E-state index is 0.158. The minimum Gasteiger partial charge on any atom is -0.310 e. The summed E-state index contributed by atoms with van der Waals surface area (Å²) in [6.07, 6.45) is 0. The molecule has 0 radical (unpaired) electrons. The van der Waals surface area contributed by atoms with Crippen LogP contribution in [0.1, 0.15) is 21.5 Å². The van der Waals surface area contributed by atoms with Crippen molar-refractivity contribution >= 4 is 23.2 Å². The Balaban J connectivity index is 2.30. The third-order valence-electron chi connectivity index (χ3n) is 3.05. The van der Waals surface area contributed by atoms with E-state index in [0.29, 0.717) is 22.7 Å². The Morgan fingerprint density at radius 1 is 1.20 bits per heavy atom. The molecule has 2 aromatic rings. The Morgan fingerprint density at radius 2 is 1.85 bits per heavy atom. The fourth-order valence-corrected chi connectivity index (χ4v) is 2.08. The average molecular weight is 285 g/mol. The Hall–Kier alpha value is -2.31. The number of nitrogens with zero attached hydrogens (tertiary/aromatic N) is 2. The van der Waals surface area contributed by atoms with Gasteiger partial charge in [-0.1, -0.05) is 24.3 Å². The topological polar surface area (TPSA) is 44.1 Å². The molecule has 0 N–H and O–H groups in total. The smallest absolute Gasteiger partial charge is 0.258 e. The minimum atomic E-state index is -0.158. The zero-order valence-corrected chi connectivity index (χ0v) is 11.8. The quantitative estimate of drug-likeness (QED) is 0.809. The SMILES string of the molecule is CN(C(=O)c1ccc(CCl)cc1)c1ccccc1C#N. The number of anilines is 1. The first kappa shape index (κ1) is 14.1. The van der Waals surface area contributed by atoms with Gasteiger partial charge in [0.1, 0.15) is 6.07 Å². The molecule has 0 atom stereocenters. The fraction of sp³-hybridized carbons (Fsp3) is 0.125. The van der Waals surface area contributed by atoms with Crippen molar-refractivity contribution < 1.29 is 4.79 Å². The van der Waals surface area contributed by atoms with Crippen molar-refractivity contribution in [2.24, 2.45) is 0 Å². The summed E-state index contributed by atoms with van der Waals surface area (Å²) in [5, 5.41) is 9.09. The van der Waals surface area contributed by atoms with E-state index in [1.165, 1.54) is 4.90 Å². The first-order valence-electron chi connectivity index (χ1n) is 6.09. The van der Waals surface area contributed by atoms with E-state index in [-0.39, 0.29) is 5.91 Å². The van der Waals surface area contributed by atoms with Crippen molar-refractivity contribution in [2.75, 3.05) is 11.9 Å². The van der Waals surface area contributed by atoms with Gasteiger partial charge in [-0.05, 0) is 29.8 Å². The van der Waals surface area contributed by atoms with Crippen LogP contribution in [0.5, 0.6) is 0 Å². The van der Waals surface area contributed by atoms with E-state index in [9.17, 15) is 4.79 Å². The van der Waals surface area contributed by atoms with Crippen LogP contribution in [0, 0.1) is 11.3 Å². The van der Waals surface area contributed by atoms with Gasteiger partial charge in [0.25, 0.3) is 5.91 Å². The molecule has 4 heteroatoms. The summed E-state index contributed by atoms with van der Waals surface area (Å²) in [6, 6.07) is 16.2. The normalized spacial score (nSPS) is 9.85. The van der Waals surface area contributed by atoms with Crippen molar-refractivity contribution in [3.05, 3.63) is 65.2 Å². The number of benzene rings is 2. The predicted molar refractivity (Wildman–Crippen MR) is 79.9 cm³/mol. The Bertz CT molecular complexity index is 659. The van der Waals surface area contributed by atoms with E-state index in [0.717, 1.165) is 5.56 Å². The molecule has 3 nitrogen and oxygen atoms in total. The van der Waals surface area contributed by atoms with E-state index >= 15 is 0 Å². The highest BCUT2D eigenvalue weighted by atomic mass is 35.5. The number of carbonyl (C=O) groups excluding carboxylic acids is 1. The molecular weight excluding hydrogens is 272 g/mol. The molecular formula is C16H13ClN2O. The maximum atomic E-state index is 12.4. The van der Waals surface area contributed by atoms with Crippen LogP contribution in [0.4, 0.5) is 5.69 Å². The van der Waals surface area contributed by atoms with Gasteiger partial charge >= 0.3 is 0 Å². The van der Waals surface area contributed by atoms with Crippen LogP contribution in [-0.2, 0) is 5.88 Å². The lowest BCUT2D eigenvalue weighted by atomic mass is 10.1. The van der Waals surface area contributed by atoms with Gasteiger partial charge in [0.2, 0.25) is 0 Å². The number of rotatable bonds is 3. The molecule has 0 aliphatic heterocycles. The zero-order chi connectivity index (χ0) is 14.5. The first-order chi connectivity index (χ1) is 9.67. The van der Waals surface area contributed by atoms with Crippen molar-refractivity contribution in [3.63, 3.8) is 0 Å². The Labute approximate surface area is 123 Å². The van der Waals surface area contributed by atoms with Gasteiger partial charge in [0, 0.05) is 18.5 Å². The number of para-hydroxylation sites is 1. The third kappa shape index (κ3) is 2.81. The van der Waals surface area contributed by atoms with Crippen molar-refractivity contribution in [1.29, 1.82) is 5.26 Å². The fourth-order valence-electron chi connectivity index (χ4n) is 1.90. The molecule has 2 rings (SSSR count). The lowest BCUT2D eigenvalue weighted by molar-refractivity contribution is 0.0993. The summed E-state index contributed by atoms with van der Waals surface area (Å²) in [7, 11) is 1.66. The van der Waals surface area contributed by atoms with Gasteiger partial charge in [0.05, 0.1) is 11.3 Å². The number of hydrogen-bond donors (Lipinski definition) is 0. The van der Waals surface area contributed by atoms with Gasteiger partial charge < -0.3 is 4.90 Å². The monoisotopic (exact) mass is 284 g/mol. The van der Waals surface area contributed by atoms with Gasteiger partial charge in [-0.2, -0.15) is 5.26 Å². The molecule has 0 heterocycles. The first-order valence-corrected chi connectivity index (χ1v) is 6.63. The molecule has 0 aliphatic carbocycles. The van der Waals surface area contributed by atoms with Gasteiger partial charge in [-0.3, -0.25) is 4.79 Å². The summed E-state index contributed by atoms with van der Waals surface area (Å²) in [5.41, 5.74) is 2.60. The van der Waals surface area contributed by atoms with Gasteiger partial charge in [0.15, 0.2) is 0 Å². The summed E-state index contributed by atoms with van der Waals surface area (Å²) >= 11 is 5.73. The zero-order valence-electron chi connectivity index (χ0n) is 11.0. The van der Waals surface area contributed by atoms with Crippen LogP contribution in [0.3, 0.4) is 0 Å². The number of halogens is 1. The van der Waals surface area contributed by atoms with E-state index < -0.39 is 0 Å². The molecule has 0 unspecified atom stereocenters. The van der Waals surface area contributed by atoms with Gasteiger partial charge in [-0.25, -0.2) is 0 Å². The van der Waals surface area contributed by atoms with Crippen LogP contribution in [0.25, 0.3) is 0 Å². The van der Waals surface area contributed by atoms with E-state index in [2.05, 4.69) is 6.07 Å². The molecule has 0 bridgehead atoms. The number of nitriles is 1. The highest BCUT2D eigenvalue weighted by molar-refractivity contribution is 6.17. The lowest BCUT2D eigenvalue weighted by Crippen LogP contribution is -2.26. The second-order valence-corrected chi connectivity index (χ2v) is 4.59. The maximum Gasteiger partial charge on any atom is 0.258 e. The van der Waals surface area contributed by atoms with Crippen molar-refractivity contribution in [3.8, 4) is 6.07 Å². The summed E-state index contributed by atoms with van der Waals surface area (Å²) in [4.78, 5) is 13.9. The van der Waals surface area contributed by atoms with E-state index in [4.69, 9.17) is 16.9 Å². The Morgan fingerprint density at radius 3 is 2.45 bits per heavy atom. The van der Waals surface area contributed by atoms with Crippen LogP contribution in [0.15, 0.2) is 48.5 Å². The summed E-state index contributed by atoms with van der Waals surface area (Å²) in [6.45, 7) is 0. The molecule has 0 saturated carbocycles. The molecule has 0 aliphatic rings. The largest absolute Gasteiger partial charge is 0.310 e. The van der Waals surface area contributed by atoms with Crippen LogP contribution >= 0.6 is 11.6 Å². The third-order valence-corrected chi connectivity index (χ3v) is 3.35. The van der Waals surface area contributed by atoms with Crippen molar-refractivity contribution in [1.82, 2.24) is 0 Å². The molecule has 0 saturated heterocycles. The van der Waals surface area contributed by atoms with Crippen LogP contribution in [-0.4, -0.2) is 13.0 Å². The standard InChI is InChI=1S/C16H13ClN2O/c1-19(15-5-3-2-4-14(15)11-18)16(20)13-8-6-12(10-17)7-9-13/h2-9H,10H2,1H3. The van der Waals surface area contributed by atoms with Crippen LogP contribution in [0.2, 0.25) is 0 Å². The Kier molecular flexibility index (Phi) is 4.39. The number of amides is 1. The second kappa shape index (κ2) is 6.23. The highest BCUT2D eigenvalue weighted by Crippen LogP contribution is 2.20. The molecule has 0 fully saturated rings. The number of carbonyl (C=O) groups is 1.